The first-order valence-electron chi connectivity index (χ1n) is 9.65. The quantitative estimate of drug-likeness (QED) is 0.626. The van der Waals surface area contributed by atoms with E-state index in [1.807, 2.05) is 42.6 Å². The standard InChI is InChI=1S/C22H22BrFN4O/c23-18-13-25-28(15-18)21-7-3-17(4-8-21)22(29)26-20-9-11-27(12-10-20)14-16-1-5-19(24)6-2-16/h1-8,13,15,20H,9-12,14H2,(H,26,29). The minimum atomic E-state index is -0.208. The number of likely N-dealkylation sites (tertiary alicyclic amines) is 1. The van der Waals surface area contributed by atoms with Crippen LogP contribution in [0.4, 0.5) is 4.39 Å². The van der Waals surface area contributed by atoms with Gasteiger partial charge in [-0.15, -0.1) is 0 Å². The lowest BCUT2D eigenvalue weighted by atomic mass is 10.0. The SMILES string of the molecule is O=C(NC1CCN(Cc2ccc(F)cc2)CC1)c1ccc(-n2cc(Br)cn2)cc1. The predicted octanol–water partition coefficient (Wildman–Crippen LogP) is 4.17. The van der Waals surface area contributed by atoms with E-state index in [4.69, 9.17) is 0 Å². The van der Waals surface area contributed by atoms with Gasteiger partial charge in [0.2, 0.25) is 0 Å². The molecule has 0 bridgehead atoms. The van der Waals surface area contributed by atoms with Gasteiger partial charge in [-0.1, -0.05) is 12.1 Å². The van der Waals surface area contributed by atoms with Gasteiger partial charge in [-0.25, -0.2) is 9.07 Å². The summed E-state index contributed by atoms with van der Waals surface area (Å²) < 4.78 is 15.7. The minimum absolute atomic E-state index is 0.0461. The average molecular weight is 457 g/mol. The van der Waals surface area contributed by atoms with Crippen LogP contribution in [0.25, 0.3) is 5.69 Å². The third kappa shape index (κ3) is 5.10. The molecule has 1 fully saturated rings. The first kappa shape index (κ1) is 19.8. The molecule has 0 saturated carbocycles. The van der Waals surface area contributed by atoms with Crippen LogP contribution in [-0.4, -0.2) is 39.7 Å². The number of rotatable bonds is 5. The molecule has 2 aromatic carbocycles. The maximum absolute atomic E-state index is 13.0. The molecule has 3 aromatic rings. The molecular weight excluding hydrogens is 435 g/mol. The van der Waals surface area contributed by atoms with E-state index in [-0.39, 0.29) is 17.8 Å². The maximum atomic E-state index is 13.0. The van der Waals surface area contributed by atoms with Gasteiger partial charge in [0.15, 0.2) is 0 Å². The molecule has 1 aliphatic heterocycles. The summed E-state index contributed by atoms with van der Waals surface area (Å²) in [5.74, 6) is -0.254. The zero-order valence-corrected chi connectivity index (χ0v) is 17.5. The van der Waals surface area contributed by atoms with Crippen molar-refractivity contribution in [3.63, 3.8) is 0 Å². The van der Waals surface area contributed by atoms with Crippen molar-refractivity contribution in [2.45, 2.75) is 25.4 Å². The van der Waals surface area contributed by atoms with E-state index >= 15 is 0 Å². The Kier molecular flexibility index (Phi) is 6.06. The number of nitrogens with one attached hydrogen (secondary N) is 1. The Morgan fingerprint density at radius 3 is 2.41 bits per heavy atom. The molecule has 4 rings (SSSR count). The molecule has 1 saturated heterocycles. The lowest BCUT2D eigenvalue weighted by Crippen LogP contribution is -2.44. The van der Waals surface area contributed by atoms with E-state index in [1.54, 1.807) is 10.9 Å². The van der Waals surface area contributed by atoms with E-state index in [1.165, 1.54) is 12.1 Å². The number of carbonyl (C=O) groups is 1. The molecule has 1 amide bonds. The largest absolute Gasteiger partial charge is 0.349 e. The molecular formula is C22H22BrFN4O. The lowest BCUT2D eigenvalue weighted by molar-refractivity contribution is 0.0909. The Morgan fingerprint density at radius 2 is 1.79 bits per heavy atom. The molecule has 1 aromatic heterocycles. The third-order valence-electron chi connectivity index (χ3n) is 5.19. The van der Waals surface area contributed by atoms with Crippen LogP contribution in [0.15, 0.2) is 65.4 Å². The van der Waals surface area contributed by atoms with Gasteiger partial charge >= 0.3 is 0 Å². The van der Waals surface area contributed by atoms with E-state index in [9.17, 15) is 9.18 Å². The number of carbonyl (C=O) groups excluding carboxylic acids is 1. The van der Waals surface area contributed by atoms with Gasteiger partial charge in [-0.3, -0.25) is 9.69 Å². The van der Waals surface area contributed by atoms with Crippen molar-refractivity contribution >= 4 is 21.8 Å². The highest BCUT2D eigenvalue weighted by molar-refractivity contribution is 9.10. The highest BCUT2D eigenvalue weighted by Crippen LogP contribution is 2.16. The second-order valence-corrected chi connectivity index (χ2v) is 8.22. The summed E-state index contributed by atoms with van der Waals surface area (Å²) >= 11 is 3.38. The van der Waals surface area contributed by atoms with Gasteiger partial charge < -0.3 is 5.32 Å². The number of hydrogen-bond acceptors (Lipinski definition) is 3. The third-order valence-corrected chi connectivity index (χ3v) is 5.60. The number of hydrogen-bond donors (Lipinski definition) is 1. The van der Waals surface area contributed by atoms with Gasteiger partial charge in [-0.2, -0.15) is 5.10 Å². The van der Waals surface area contributed by atoms with Crippen molar-refractivity contribution in [3.8, 4) is 5.69 Å². The van der Waals surface area contributed by atoms with Crippen LogP contribution >= 0.6 is 15.9 Å². The number of amides is 1. The van der Waals surface area contributed by atoms with Gasteiger partial charge in [-0.05, 0) is 70.7 Å². The molecule has 0 aliphatic carbocycles. The summed E-state index contributed by atoms with van der Waals surface area (Å²) in [6.07, 6.45) is 5.41. The summed E-state index contributed by atoms with van der Waals surface area (Å²) in [5, 5.41) is 7.39. The molecule has 2 heterocycles. The fraction of sp³-hybridized carbons (Fsp3) is 0.273. The summed E-state index contributed by atoms with van der Waals surface area (Å²) in [6, 6.07) is 14.3. The monoisotopic (exact) mass is 456 g/mol. The van der Waals surface area contributed by atoms with Gasteiger partial charge in [0, 0.05) is 37.4 Å². The van der Waals surface area contributed by atoms with Crippen LogP contribution in [-0.2, 0) is 6.54 Å². The Hall–Kier alpha value is -2.51. The Bertz CT molecular complexity index is 963. The zero-order valence-electron chi connectivity index (χ0n) is 15.9. The second kappa shape index (κ2) is 8.88. The number of piperidine rings is 1. The van der Waals surface area contributed by atoms with Crippen LogP contribution in [0.5, 0.6) is 0 Å². The summed E-state index contributed by atoms with van der Waals surface area (Å²) in [5.41, 5.74) is 2.66. The zero-order chi connectivity index (χ0) is 20.2. The number of benzene rings is 2. The van der Waals surface area contributed by atoms with E-state index in [2.05, 4.69) is 31.2 Å². The van der Waals surface area contributed by atoms with Crippen molar-refractivity contribution in [1.82, 2.24) is 20.0 Å². The second-order valence-electron chi connectivity index (χ2n) is 7.30. The molecule has 7 heteroatoms. The van der Waals surface area contributed by atoms with E-state index in [0.717, 1.165) is 48.2 Å². The van der Waals surface area contributed by atoms with Gasteiger partial charge in [0.1, 0.15) is 5.82 Å². The number of nitrogens with zero attached hydrogens (tertiary/aromatic N) is 3. The van der Waals surface area contributed by atoms with Crippen molar-refractivity contribution in [2.75, 3.05) is 13.1 Å². The fourth-order valence-corrected chi connectivity index (χ4v) is 3.85. The predicted molar refractivity (Wildman–Crippen MR) is 113 cm³/mol. The number of halogens is 2. The van der Waals surface area contributed by atoms with Gasteiger partial charge in [0.25, 0.3) is 5.91 Å². The van der Waals surface area contributed by atoms with Crippen LogP contribution in [0, 0.1) is 5.82 Å². The molecule has 1 aliphatic rings. The van der Waals surface area contributed by atoms with Crippen LogP contribution in [0.2, 0.25) is 0 Å². The molecule has 5 nitrogen and oxygen atoms in total. The molecule has 150 valence electrons. The van der Waals surface area contributed by atoms with Crippen molar-refractivity contribution in [1.29, 1.82) is 0 Å². The molecule has 0 unspecified atom stereocenters. The normalized spacial score (nSPS) is 15.4. The van der Waals surface area contributed by atoms with Gasteiger partial charge in [0.05, 0.1) is 16.4 Å². The smallest absolute Gasteiger partial charge is 0.251 e. The van der Waals surface area contributed by atoms with Crippen molar-refractivity contribution in [2.24, 2.45) is 0 Å². The summed E-state index contributed by atoms with van der Waals surface area (Å²) in [4.78, 5) is 14.9. The topological polar surface area (TPSA) is 50.2 Å². The Balaban J connectivity index is 1.27. The average Bonchev–Trinajstić information content (AvgIpc) is 3.17. The Labute approximate surface area is 177 Å². The molecule has 0 radical (unpaired) electrons. The first-order valence-corrected chi connectivity index (χ1v) is 10.4. The minimum Gasteiger partial charge on any atom is -0.349 e. The number of aromatic nitrogens is 2. The van der Waals surface area contributed by atoms with Crippen LogP contribution in [0.3, 0.4) is 0 Å². The lowest BCUT2D eigenvalue weighted by Gasteiger charge is -2.32. The van der Waals surface area contributed by atoms with E-state index in [0.29, 0.717) is 5.56 Å². The Morgan fingerprint density at radius 1 is 1.10 bits per heavy atom. The van der Waals surface area contributed by atoms with Crippen molar-refractivity contribution < 1.29 is 9.18 Å². The fourth-order valence-electron chi connectivity index (χ4n) is 3.56. The van der Waals surface area contributed by atoms with Crippen LogP contribution < -0.4 is 5.32 Å². The van der Waals surface area contributed by atoms with Crippen LogP contribution in [0.1, 0.15) is 28.8 Å². The molecule has 1 N–H and O–H groups in total. The molecule has 0 atom stereocenters. The maximum Gasteiger partial charge on any atom is 0.251 e. The molecule has 0 spiro atoms. The highest BCUT2D eigenvalue weighted by atomic mass is 79.9. The van der Waals surface area contributed by atoms with E-state index < -0.39 is 0 Å². The highest BCUT2D eigenvalue weighted by Gasteiger charge is 2.21. The first-order chi connectivity index (χ1) is 14.1. The molecule has 29 heavy (non-hydrogen) atoms. The summed E-state index contributed by atoms with van der Waals surface area (Å²) in [6.45, 7) is 2.64. The van der Waals surface area contributed by atoms with Crippen molar-refractivity contribution in [3.05, 3.63) is 82.3 Å². The summed E-state index contributed by atoms with van der Waals surface area (Å²) in [7, 11) is 0.